The summed E-state index contributed by atoms with van der Waals surface area (Å²) in [4.78, 5) is 0. The van der Waals surface area contributed by atoms with Crippen LogP contribution in [0.1, 0.15) is 45.6 Å². The van der Waals surface area contributed by atoms with Gasteiger partial charge < -0.3 is 5.32 Å². The maximum Gasteiger partial charge on any atom is 0.126 e. The summed E-state index contributed by atoms with van der Waals surface area (Å²) < 4.78 is 26.9. The summed E-state index contributed by atoms with van der Waals surface area (Å²) in [5, 5.41) is 3.43. The van der Waals surface area contributed by atoms with E-state index in [1.54, 1.807) is 0 Å². The van der Waals surface area contributed by atoms with Crippen molar-refractivity contribution in [1.29, 1.82) is 0 Å². The van der Waals surface area contributed by atoms with Crippen molar-refractivity contribution in [2.24, 2.45) is 5.92 Å². The average Bonchev–Trinajstić information content (AvgIpc) is 2.26. The van der Waals surface area contributed by atoms with Gasteiger partial charge in [-0.05, 0) is 36.5 Å². The molecule has 0 unspecified atom stereocenters. The van der Waals surface area contributed by atoms with Crippen LogP contribution >= 0.6 is 0 Å². The molecule has 0 bridgehead atoms. The highest BCUT2D eigenvalue weighted by Crippen LogP contribution is 2.49. The Morgan fingerprint density at radius 1 is 1.21 bits per heavy atom. The van der Waals surface area contributed by atoms with E-state index in [9.17, 15) is 8.78 Å². The summed E-state index contributed by atoms with van der Waals surface area (Å²) in [5.41, 5.74) is 0.719. The molecule has 106 valence electrons. The highest BCUT2D eigenvalue weighted by atomic mass is 19.1. The summed E-state index contributed by atoms with van der Waals surface area (Å²) in [7, 11) is 0. The van der Waals surface area contributed by atoms with E-state index in [1.807, 2.05) is 0 Å². The zero-order valence-electron chi connectivity index (χ0n) is 12.0. The van der Waals surface area contributed by atoms with Gasteiger partial charge in [-0.25, -0.2) is 8.78 Å². The lowest BCUT2D eigenvalue weighted by Gasteiger charge is -2.49. The molecule has 3 heteroatoms. The highest BCUT2D eigenvalue weighted by molar-refractivity contribution is 5.31. The van der Waals surface area contributed by atoms with Gasteiger partial charge in [-0.15, -0.1) is 0 Å². The number of hydrogen-bond acceptors (Lipinski definition) is 1. The Morgan fingerprint density at radius 3 is 2.26 bits per heavy atom. The van der Waals surface area contributed by atoms with Crippen LogP contribution in [0.2, 0.25) is 0 Å². The molecule has 1 aliphatic rings. The molecule has 0 saturated heterocycles. The normalized spacial score (nSPS) is 26.5. The second kappa shape index (κ2) is 5.58. The van der Waals surface area contributed by atoms with Crippen LogP contribution in [-0.4, -0.2) is 12.6 Å². The maximum absolute atomic E-state index is 13.4. The summed E-state index contributed by atoms with van der Waals surface area (Å²) >= 11 is 0. The predicted octanol–water partition coefficient (Wildman–Crippen LogP) is 4.02. The quantitative estimate of drug-likeness (QED) is 0.849. The first-order valence-electron chi connectivity index (χ1n) is 7.15. The lowest BCUT2D eigenvalue weighted by atomic mass is 9.58. The Bertz CT molecular complexity index is 416. The number of nitrogens with one attached hydrogen (secondary N) is 1. The zero-order chi connectivity index (χ0) is 14.0. The molecule has 0 aromatic heterocycles. The van der Waals surface area contributed by atoms with Gasteiger partial charge in [0.05, 0.1) is 0 Å². The van der Waals surface area contributed by atoms with Crippen LogP contribution in [0, 0.1) is 17.6 Å². The van der Waals surface area contributed by atoms with Crippen molar-refractivity contribution in [2.45, 2.75) is 51.5 Å². The van der Waals surface area contributed by atoms with Crippen molar-refractivity contribution in [1.82, 2.24) is 5.32 Å². The van der Waals surface area contributed by atoms with Gasteiger partial charge >= 0.3 is 0 Å². The minimum absolute atomic E-state index is 0.0894. The maximum atomic E-state index is 13.4. The molecule has 0 spiro atoms. The van der Waals surface area contributed by atoms with Crippen LogP contribution in [0.5, 0.6) is 0 Å². The van der Waals surface area contributed by atoms with E-state index in [0.29, 0.717) is 12.0 Å². The topological polar surface area (TPSA) is 12.0 Å². The van der Waals surface area contributed by atoms with Gasteiger partial charge in [0.2, 0.25) is 0 Å². The van der Waals surface area contributed by atoms with Crippen molar-refractivity contribution in [3.63, 3.8) is 0 Å². The third-order valence-corrected chi connectivity index (χ3v) is 4.26. The van der Waals surface area contributed by atoms with Gasteiger partial charge in [-0.1, -0.05) is 27.2 Å². The number of benzene rings is 1. The number of halogens is 2. The fraction of sp³-hybridized carbons (Fsp3) is 0.625. The SMILES string of the molecule is CCC1CC(CNC(C)C)(c2cc(F)cc(F)c2)C1. The van der Waals surface area contributed by atoms with Gasteiger partial charge in [-0.2, -0.15) is 0 Å². The molecule has 1 aliphatic carbocycles. The molecule has 1 N–H and O–H groups in total. The van der Waals surface area contributed by atoms with E-state index in [0.717, 1.165) is 37.4 Å². The smallest absolute Gasteiger partial charge is 0.126 e. The molecular formula is C16H23F2N. The lowest BCUT2D eigenvalue weighted by molar-refractivity contribution is 0.130. The molecular weight excluding hydrogens is 244 g/mol. The van der Waals surface area contributed by atoms with Crippen LogP contribution in [0.15, 0.2) is 18.2 Å². The van der Waals surface area contributed by atoms with Crippen molar-refractivity contribution in [3.05, 3.63) is 35.4 Å². The first kappa shape index (κ1) is 14.4. The fourth-order valence-electron chi connectivity index (χ4n) is 3.08. The van der Waals surface area contributed by atoms with E-state index < -0.39 is 11.6 Å². The molecule has 1 saturated carbocycles. The van der Waals surface area contributed by atoms with E-state index >= 15 is 0 Å². The van der Waals surface area contributed by atoms with Gasteiger partial charge in [0, 0.05) is 24.1 Å². The van der Waals surface area contributed by atoms with Crippen molar-refractivity contribution in [3.8, 4) is 0 Å². The average molecular weight is 267 g/mol. The van der Waals surface area contributed by atoms with E-state index in [2.05, 4.69) is 26.1 Å². The van der Waals surface area contributed by atoms with Crippen LogP contribution in [0.3, 0.4) is 0 Å². The fourth-order valence-corrected chi connectivity index (χ4v) is 3.08. The van der Waals surface area contributed by atoms with Crippen LogP contribution < -0.4 is 5.32 Å². The molecule has 0 amide bonds. The lowest BCUT2D eigenvalue weighted by Crippen LogP contribution is -2.49. The highest BCUT2D eigenvalue weighted by Gasteiger charge is 2.44. The summed E-state index contributed by atoms with van der Waals surface area (Å²) in [6.07, 6.45) is 3.18. The molecule has 19 heavy (non-hydrogen) atoms. The van der Waals surface area contributed by atoms with Gasteiger partial charge in [-0.3, -0.25) is 0 Å². The summed E-state index contributed by atoms with van der Waals surface area (Å²) in [5.74, 6) is -0.266. The summed E-state index contributed by atoms with van der Waals surface area (Å²) in [6, 6.07) is 4.33. The zero-order valence-corrected chi connectivity index (χ0v) is 12.0. The Labute approximate surface area is 114 Å². The molecule has 0 atom stereocenters. The molecule has 0 aliphatic heterocycles. The molecule has 2 rings (SSSR count). The van der Waals surface area contributed by atoms with E-state index in [-0.39, 0.29) is 5.41 Å². The minimum atomic E-state index is -0.473. The Hall–Kier alpha value is -0.960. The van der Waals surface area contributed by atoms with Crippen molar-refractivity contribution in [2.75, 3.05) is 6.54 Å². The van der Waals surface area contributed by atoms with Gasteiger partial charge in [0.1, 0.15) is 11.6 Å². The van der Waals surface area contributed by atoms with Crippen molar-refractivity contribution >= 4 is 0 Å². The van der Waals surface area contributed by atoms with Gasteiger partial charge in [0.25, 0.3) is 0 Å². The number of rotatable bonds is 5. The molecule has 1 aromatic carbocycles. The predicted molar refractivity (Wildman–Crippen MR) is 74.2 cm³/mol. The van der Waals surface area contributed by atoms with Crippen LogP contribution in [0.4, 0.5) is 8.78 Å². The third-order valence-electron chi connectivity index (χ3n) is 4.26. The first-order valence-corrected chi connectivity index (χ1v) is 7.15. The van der Waals surface area contributed by atoms with Crippen LogP contribution in [0.25, 0.3) is 0 Å². The molecule has 0 radical (unpaired) electrons. The van der Waals surface area contributed by atoms with E-state index in [1.165, 1.54) is 12.1 Å². The Kier molecular flexibility index (Phi) is 4.24. The first-order chi connectivity index (χ1) is 8.95. The molecule has 1 aromatic rings. The van der Waals surface area contributed by atoms with Crippen LogP contribution in [-0.2, 0) is 5.41 Å². The number of hydrogen-bond donors (Lipinski definition) is 1. The third kappa shape index (κ3) is 3.14. The Morgan fingerprint density at radius 2 is 1.79 bits per heavy atom. The summed E-state index contributed by atoms with van der Waals surface area (Å²) in [6.45, 7) is 7.16. The van der Waals surface area contributed by atoms with Crippen molar-refractivity contribution < 1.29 is 8.78 Å². The Balaban J connectivity index is 2.22. The minimum Gasteiger partial charge on any atom is -0.314 e. The molecule has 0 heterocycles. The second-order valence-corrected chi connectivity index (χ2v) is 6.16. The van der Waals surface area contributed by atoms with E-state index in [4.69, 9.17) is 0 Å². The second-order valence-electron chi connectivity index (χ2n) is 6.16. The van der Waals surface area contributed by atoms with Gasteiger partial charge in [0.15, 0.2) is 0 Å². The monoisotopic (exact) mass is 267 g/mol. The standard InChI is InChI=1S/C16H23F2N/c1-4-12-8-16(9-12,10-19-11(2)3)13-5-14(17)7-15(18)6-13/h5-7,11-12,19H,4,8-10H2,1-3H3. The molecule has 1 nitrogen and oxygen atoms in total. The molecule has 1 fully saturated rings. The largest absolute Gasteiger partial charge is 0.314 e.